The minimum Gasteiger partial charge on any atom is -2.00 e. The van der Waals surface area contributed by atoms with Gasteiger partial charge in [0.25, 0.3) is 0 Å². The van der Waals surface area contributed by atoms with Gasteiger partial charge in [-0.15, -0.1) is 0 Å². The van der Waals surface area contributed by atoms with Crippen LogP contribution in [0.1, 0.15) is 0 Å². The van der Waals surface area contributed by atoms with Crippen molar-refractivity contribution in [2.24, 2.45) is 0 Å². The van der Waals surface area contributed by atoms with Crippen LogP contribution < -0.4 is 0 Å². The Morgan fingerprint density at radius 1 is 1.00 bits per heavy atom. The minimum absolute atomic E-state index is 0. The molecule has 1 unspecified atom stereocenters. The van der Waals surface area contributed by atoms with Gasteiger partial charge < -0.3 is 16.4 Å². The first-order valence-electron chi connectivity index (χ1n) is 0. The monoisotopic (exact) mass is 243 g/mol. The summed E-state index contributed by atoms with van der Waals surface area (Å²) in [5.74, 6) is 0. The molecule has 0 aliphatic rings. The van der Waals surface area contributed by atoms with Gasteiger partial charge >= 0.3 is 39.9 Å². The van der Waals surface area contributed by atoms with Crippen molar-refractivity contribution < 1.29 is 56.4 Å². The van der Waals surface area contributed by atoms with Crippen molar-refractivity contribution in [3.8, 4) is 0 Å². The van der Waals surface area contributed by atoms with E-state index in [2.05, 4.69) is 0 Å². The molecule has 0 aromatic heterocycles. The van der Waals surface area contributed by atoms with Crippen LogP contribution in [0.25, 0.3) is 0 Å². The smallest absolute Gasteiger partial charge is 2.00 e. The summed E-state index contributed by atoms with van der Waals surface area (Å²) >= 11 is 0. The summed E-state index contributed by atoms with van der Waals surface area (Å²) in [5, 5.41) is 0. The van der Waals surface area contributed by atoms with E-state index in [1.165, 1.54) is 0 Å². The molecule has 0 heterocycles. The first kappa shape index (κ1) is 78.8. The summed E-state index contributed by atoms with van der Waals surface area (Å²) in [6.45, 7) is 0. The van der Waals surface area contributed by atoms with Crippen LogP contribution in [0.5, 0.6) is 0 Å². The molecule has 0 spiro atoms. The Morgan fingerprint density at radius 2 is 1.00 bits per heavy atom. The van der Waals surface area contributed by atoms with E-state index in [1.807, 2.05) is 0 Å². The molecule has 1 radical (unpaired) electrons. The molecular weight excluding hydrogens is 236 g/mol. The Balaban J connectivity index is 0. The molecule has 0 aliphatic heterocycles. The van der Waals surface area contributed by atoms with Crippen LogP contribution in [0.2, 0.25) is 0 Å². The van der Waals surface area contributed by atoms with Crippen molar-refractivity contribution in [1.82, 2.24) is 0 Å². The molecule has 1 atom stereocenters. The molecule has 0 saturated heterocycles. The molecule has 5 heavy (non-hydrogen) atoms. The van der Waals surface area contributed by atoms with Crippen molar-refractivity contribution in [1.29, 1.82) is 0 Å². The molecule has 3 nitrogen and oxygen atoms in total. The Bertz CT molecular complexity index is 6.85. The summed E-state index contributed by atoms with van der Waals surface area (Å²) in [6.07, 6.45) is 0. The molecule has 0 aromatic rings. The zero-order chi connectivity index (χ0) is 0. The number of hydrogen-bond donors (Lipinski definition) is 0. The minimum atomic E-state index is 0. The van der Waals surface area contributed by atoms with Gasteiger partial charge in [-0.3, -0.25) is 0 Å². The molecule has 0 aromatic carbocycles. The van der Waals surface area contributed by atoms with Crippen LogP contribution >= 0.6 is 9.90 Å². The molecular formula is H6GdO3P. The van der Waals surface area contributed by atoms with Crippen molar-refractivity contribution in [3.63, 3.8) is 0 Å². The molecule has 3 N–H and O–H groups in total. The van der Waals surface area contributed by atoms with Gasteiger partial charge in [0, 0.05) is 0 Å². The van der Waals surface area contributed by atoms with Crippen LogP contribution in [0, 0.1) is 39.9 Å². The maximum atomic E-state index is 0. The van der Waals surface area contributed by atoms with E-state index in [0.29, 0.717) is 0 Å². The molecule has 0 saturated carbocycles. The zero-order valence-electron chi connectivity index (χ0n) is 2.42. The molecule has 0 bridgehead atoms. The SMILES string of the molecule is O.P.[Gd+3].[O-2].[OH-]. The fraction of sp³-hybridized carbons (Fsp3) is 0. The predicted molar refractivity (Wildman–Crippen MR) is 17.3 cm³/mol. The van der Waals surface area contributed by atoms with Crippen LogP contribution in [-0.4, -0.2) is 11.0 Å². The normalized spacial score (nSPS) is 0. The molecule has 37 valence electrons. The van der Waals surface area contributed by atoms with E-state index in [1.54, 1.807) is 0 Å². The Morgan fingerprint density at radius 3 is 1.00 bits per heavy atom. The van der Waals surface area contributed by atoms with Gasteiger partial charge in [0.15, 0.2) is 0 Å². The predicted octanol–water partition coefficient (Wildman–Crippen LogP) is -1.06. The second kappa shape index (κ2) is 45.3. The summed E-state index contributed by atoms with van der Waals surface area (Å²) in [6, 6.07) is 0. The zero-order valence-corrected chi connectivity index (χ0v) is 6.10. The quantitative estimate of drug-likeness (QED) is 0.498. The average Bonchev–Trinajstić information content (AvgIpc) is 0. The summed E-state index contributed by atoms with van der Waals surface area (Å²) < 4.78 is 0. The first-order valence-corrected chi connectivity index (χ1v) is 0. The van der Waals surface area contributed by atoms with Gasteiger partial charge in [0.05, 0.1) is 0 Å². The average molecular weight is 242 g/mol. The molecule has 5 heteroatoms. The molecule has 0 amide bonds. The summed E-state index contributed by atoms with van der Waals surface area (Å²) in [4.78, 5) is 0. The summed E-state index contributed by atoms with van der Waals surface area (Å²) in [5.41, 5.74) is 0. The maximum Gasteiger partial charge on any atom is 3.00 e. The fourth-order valence-corrected chi connectivity index (χ4v) is 0. The first-order chi connectivity index (χ1) is 0. The van der Waals surface area contributed by atoms with Crippen LogP contribution in [0.15, 0.2) is 0 Å². The van der Waals surface area contributed by atoms with Crippen LogP contribution in [0.4, 0.5) is 0 Å². The van der Waals surface area contributed by atoms with Gasteiger partial charge in [-0.2, -0.15) is 9.90 Å². The van der Waals surface area contributed by atoms with Crippen molar-refractivity contribution in [2.45, 2.75) is 0 Å². The van der Waals surface area contributed by atoms with Crippen LogP contribution in [0.3, 0.4) is 0 Å². The van der Waals surface area contributed by atoms with Crippen molar-refractivity contribution in [3.05, 3.63) is 0 Å². The third kappa shape index (κ3) is 27.9. The third-order valence-corrected chi connectivity index (χ3v) is 0. The van der Waals surface area contributed by atoms with E-state index in [4.69, 9.17) is 0 Å². The van der Waals surface area contributed by atoms with E-state index in [-0.39, 0.29) is 66.3 Å². The van der Waals surface area contributed by atoms with Gasteiger partial charge in [0.2, 0.25) is 0 Å². The van der Waals surface area contributed by atoms with Crippen LogP contribution in [-0.2, 0) is 5.48 Å². The second-order valence-corrected chi connectivity index (χ2v) is 0. The van der Waals surface area contributed by atoms with E-state index in [9.17, 15) is 0 Å². The Labute approximate surface area is 65.7 Å². The second-order valence-electron chi connectivity index (χ2n) is 0. The third-order valence-electron chi connectivity index (χ3n) is 0. The van der Waals surface area contributed by atoms with Crippen molar-refractivity contribution >= 4 is 9.90 Å². The number of hydrogen-bond acceptors (Lipinski definition) is 1. The molecule has 0 rings (SSSR count). The molecule has 0 aliphatic carbocycles. The number of rotatable bonds is 0. The van der Waals surface area contributed by atoms with E-state index >= 15 is 0 Å². The van der Waals surface area contributed by atoms with Gasteiger partial charge in [0.1, 0.15) is 0 Å². The topological polar surface area (TPSA) is 90.0 Å². The van der Waals surface area contributed by atoms with Gasteiger partial charge in [-0.1, -0.05) is 0 Å². The Hall–Kier alpha value is 1.63. The maximum absolute atomic E-state index is 0. The fourth-order valence-electron chi connectivity index (χ4n) is 0. The Kier molecular flexibility index (Phi) is 714. The van der Waals surface area contributed by atoms with Crippen molar-refractivity contribution in [2.75, 3.05) is 0 Å². The van der Waals surface area contributed by atoms with E-state index in [0.717, 1.165) is 0 Å². The van der Waals surface area contributed by atoms with Gasteiger partial charge in [-0.05, 0) is 0 Å². The standard InChI is InChI=1S/Gd.2H2O.O.H3P/h;2*1H2;;1H3/q+3;;;-2;/p-1. The van der Waals surface area contributed by atoms with E-state index < -0.39 is 0 Å². The molecule has 0 fully saturated rings. The van der Waals surface area contributed by atoms with Gasteiger partial charge in [-0.25, -0.2) is 0 Å². The summed E-state index contributed by atoms with van der Waals surface area (Å²) in [7, 11) is 0. The largest absolute Gasteiger partial charge is 3.00 e.